The van der Waals surface area contributed by atoms with E-state index in [0.717, 1.165) is 27.3 Å². The first-order chi connectivity index (χ1) is 12.2. The van der Waals surface area contributed by atoms with Crippen molar-refractivity contribution in [3.05, 3.63) is 70.2 Å². The maximum Gasteiger partial charge on any atom is 0.225 e. The average molecular weight is 369 g/mol. The molecule has 0 fully saturated rings. The van der Waals surface area contributed by atoms with Gasteiger partial charge in [0.1, 0.15) is 5.82 Å². The van der Waals surface area contributed by atoms with Crippen LogP contribution in [0.4, 0.5) is 10.1 Å². The molecule has 0 unspecified atom stereocenters. The number of benzene rings is 2. The van der Waals surface area contributed by atoms with Crippen LogP contribution in [0, 0.1) is 5.82 Å². The first kappa shape index (κ1) is 16.4. The van der Waals surface area contributed by atoms with Gasteiger partial charge in [0, 0.05) is 33.1 Å². The number of fused-ring (bicyclic) bond motifs is 1. The van der Waals surface area contributed by atoms with E-state index in [2.05, 4.69) is 29.6 Å². The van der Waals surface area contributed by atoms with Gasteiger partial charge in [-0.15, -0.1) is 23.1 Å². The van der Waals surface area contributed by atoms with Crippen LogP contribution in [0.5, 0.6) is 0 Å². The van der Waals surface area contributed by atoms with Gasteiger partial charge >= 0.3 is 0 Å². The monoisotopic (exact) mass is 369 g/mol. The molecule has 2 nitrogen and oxygen atoms in total. The molecule has 126 valence electrons. The molecule has 5 heteroatoms. The van der Waals surface area contributed by atoms with Crippen molar-refractivity contribution in [2.45, 2.75) is 17.2 Å². The molecular formula is C20H16FNOS2. The number of nitrogens with one attached hydrogen (secondary N) is 1. The Labute approximate surface area is 154 Å². The lowest BCUT2D eigenvalue weighted by Crippen LogP contribution is -2.22. The molecule has 1 aliphatic heterocycles. The van der Waals surface area contributed by atoms with Gasteiger partial charge in [-0.05, 0) is 41.6 Å². The molecule has 2 heterocycles. The third kappa shape index (κ3) is 3.10. The molecule has 1 N–H and O–H groups in total. The number of halogens is 1. The van der Waals surface area contributed by atoms with Crippen LogP contribution in [-0.2, 0) is 4.79 Å². The minimum atomic E-state index is -0.274. The minimum absolute atomic E-state index is 0.00231. The first-order valence-electron chi connectivity index (χ1n) is 7.97. The molecule has 2 aromatic carbocycles. The van der Waals surface area contributed by atoms with Crippen molar-refractivity contribution in [3.63, 3.8) is 0 Å². The summed E-state index contributed by atoms with van der Waals surface area (Å²) in [6.45, 7) is 0. The van der Waals surface area contributed by atoms with Crippen molar-refractivity contribution in [1.82, 2.24) is 0 Å². The van der Waals surface area contributed by atoms with Crippen molar-refractivity contribution < 1.29 is 9.18 Å². The summed E-state index contributed by atoms with van der Waals surface area (Å²) in [7, 11) is 0. The van der Waals surface area contributed by atoms with E-state index in [1.807, 2.05) is 17.7 Å². The summed E-state index contributed by atoms with van der Waals surface area (Å²) in [5, 5.41) is 5.00. The number of rotatable bonds is 3. The smallest absolute Gasteiger partial charge is 0.225 e. The first-order valence-corrected chi connectivity index (χ1v) is 10.1. The predicted molar refractivity (Wildman–Crippen MR) is 103 cm³/mol. The van der Waals surface area contributed by atoms with Gasteiger partial charge in [-0.25, -0.2) is 4.39 Å². The predicted octanol–water partition coefficient (Wildman–Crippen LogP) is 5.75. The zero-order valence-electron chi connectivity index (χ0n) is 13.6. The third-order valence-corrected chi connectivity index (χ3v) is 6.28. The maximum atomic E-state index is 13.6. The van der Waals surface area contributed by atoms with Crippen LogP contribution in [0.25, 0.3) is 11.1 Å². The van der Waals surface area contributed by atoms with Crippen molar-refractivity contribution in [2.75, 3.05) is 11.6 Å². The van der Waals surface area contributed by atoms with Gasteiger partial charge in [-0.1, -0.05) is 24.3 Å². The normalized spacial score (nSPS) is 16.4. The number of thiophene rings is 1. The Kier molecular flexibility index (Phi) is 4.36. The molecule has 1 atom stereocenters. The Hall–Kier alpha value is -2.11. The van der Waals surface area contributed by atoms with Crippen LogP contribution < -0.4 is 5.32 Å². The number of hydrogen-bond acceptors (Lipinski definition) is 3. The standard InChI is InChI=1S/C20H16FNOS2/c1-24-15-7-5-12(6-8-15)16-10-18(23)22-19-17(11-25-20(16)19)13-3-2-4-14(21)9-13/h2-9,11,16H,10H2,1H3,(H,22,23)/t16-/m1/s1. The Bertz CT molecular complexity index is 933. The molecular weight excluding hydrogens is 353 g/mol. The van der Waals surface area contributed by atoms with Gasteiger partial charge < -0.3 is 5.32 Å². The van der Waals surface area contributed by atoms with Gasteiger partial charge in [0.2, 0.25) is 5.91 Å². The maximum absolute atomic E-state index is 13.6. The van der Waals surface area contributed by atoms with Gasteiger partial charge in [-0.2, -0.15) is 0 Å². The summed E-state index contributed by atoms with van der Waals surface area (Å²) in [5.41, 5.74) is 3.64. The molecule has 3 aromatic rings. The highest BCUT2D eigenvalue weighted by atomic mass is 32.2. The molecule has 0 spiro atoms. The molecule has 1 aromatic heterocycles. The molecule has 0 saturated carbocycles. The number of carbonyl (C=O) groups is 1. The van der Waals surface area contributed by atoms with Gasteiger partial charge in [0.05, 0.1) is 5.69 Å². The van der Waals surface area contributed by atoms with E-state index in [-0.39, 0.29) is 17.6 Å². The van der Waals surface area contributed by atoms with E-state index in [1.54, 1.807) is 29.2 Å². The molecule has 1 aliphatic rings. The summed E-state index contributed by atoms with van der Waals surface area (Å²) in [6.07, 6.45) is 2.49. The number of anilines is 1. The van der Waals surface area contributed by atoms with Crippen LogP contribution >= 0.6 is 23.1 Å². The summed E-state index contributed by atoms with van der Waals surface area (Å²) in [5.74, 6) is -0.224. The van der Waals surface area contributed by atoms with Gasteiger partial charge in [0.25, 0.3) is 0 Å². The number of hydrogen-bond donors (Lipinski definition) is 1. The second-order valence-corrected chi connectivity index (χ2v) is 7.77. The highest BCUT2D eigenvalue weighted by Crippen LogP contribution is 2.46. The van der Waals surface area contributed by atoms with Gasteiger partial charge in [-0.3, -0.25) is 4.79 Å². The Balaban J connectivity index is 1.78. The fourth-order valence-corrected chi connectivity index (χ4v) is 4.77. The van der Waals surface area contributed by atoms with E-state index in [9.17, 15) is 9.18 Å². The third-order valence-electron chi connectivity index (χ3n) is 4.44. The van der Waals surface area contributed by atoms with Crippen LogP contribution in [0.15, 0.2) is 58.8 Å². The van der Waals surface area contributed by atoms with Crippen molar-refractivity contribution in [1.29, 1.82) is 0 Å². The van der Waals surface area contributed by atoms with Crippen LogP contribution in [0.1, 0.15) is 22.8 Å². The highest BCUT2D eigenvalue weighted by Gasteiger charge is 2.30. The van der Waals surface area contributed by atoms with E-state index in [4.69, 9.17) is 0 Å². The molecule has 0 radical (unpaired) electrons. The Morgan fingerprint density at radius 3 is 2.72 bits per heavy atom. The lowest BCUT2D eigenvalue weighted by molar-refractivity contribution is -0.116. The Morgan fingerprint density at radius 2 is 2.00 bits per heavy atom. The molecule has 1 amide bonds. The topological polar surface area (TPSA) is 29.1 Å². The zero-order chi connectivity index (χ0) is 17.4. The second-order valence-electron chi connectivity index (χ2n) is 5.98. The van der Waals surface area contributed by atoms with E-state index >= 15 is 0 Å². The van der Waals surface area contributed by atoms with Crippen molar-refractivity contribution in [3.8, 4) is 11.1 Å². The van der Waals surface area contributed by atoms with Gasteiger partial charge in [0.15, 0.2) is 0 Å². The second kappa shape index (κ2) is 6.65. The van der Waals surface area contributed by atoms with E-state index in [0.29, 0.717) is 6.42 Å². The average Bonchev–Trinajstić information content (AvgIpc) is 3.05. The lowest BCUT2D eigenvalue weighted by Gasteiger charge is -2.24. The zero-order valence-corrected chi connectivity index (χ0v) is 15.2. The van der Waals surface area contributed by atoms with Crippen molar-refractivity contribution in [2.24, 2.45) is 0 Å². The van der Waals surface area contributed by atoms with Crippen LogP contribution in [0.2, 0.25) is 0 Å². The van der Waals surface area contributed by atoms with Crippen LogP contribution in [-0.4, -0.2) is 12.2 Å². The fourth-order valence-electron chi connectivity index (χ4n) is 3.20. The summed E-state index contributed by atoms with van der Waals surface area (Å²) in [4.78, 5) is 14.6. The number of thioether (sulfide) groups is 1. The van der Waals surface area contributed by atoms with E-state index < -0.39 is 0 Å². The molecule has 0 aliphatic carbocycles. The fraction of sp³-hybridized carbons (Fsp3) is 0.150. The molecule has 0 bridgehead atoms. The molecule has 0 saturated heterocycles. The summed E-state index contributed by atoms with van der Waals surface area (Å²) < 4.78 is 13.6. The number of carbonyl (C=O) groups excluding carboxylic acids is 1. The quantitative estimate of drug-likeness (QED) is 0.596. The van der Waals surface area contributed by atoms with Crippen LogP contribution in [0.3, 0.4) is 0 Å². The van der Waals surface area contributed by atoms with E-state index in [1.165, 1.54) is 17.0 Å². The van der Waals surface area contributed by atoms with Crippen molar-refractivity contribution >= 4 is 34.7 Å². The Morgan fingerprint density at radius 1 is 1.20 bits per heavy atom. The SMILES string of the molecule is CSc1ccc([C@H]2CC(=O)Nc3c(-c4cccc(F)c4)csc32)cc1. The summed E-state index contributed by atoms with van der Waals surface area (Å²) in [6, 6.07) is 14.9. The lowest BCUT2D eigenvalue weighted by atomic mass is 9.89. The number of amides is 1. The summed E-state index contributed by atoms with van der Waals surface area (Å²) >= 11 is 3.33. The molecule has 4 rings (SSSR count). The minimum Gasteiger partial charge on any atom is -0.325 e. The molecule has 25 heavy (non-hydrogen) atoms. The highest BCUT2D eigenvalue weighted by molar-refractivity contribution is 7.98. The largest absolute Gasteiger partial charge is 0.325 e.